The number of aliphatic hydroxyl groups excluding tert-OH is 1. The molecule has 0 saturated heterocycles. The van der Waals surface area contributed by atoms with E-state index in [1.54, 1.807) is 6.92 Å². The highest BCUT2D eigenvalue weighted by Crippen LogP contribution is 2.41. The van der Waals surface area contributed by atoms with Gasteiger partial charge in [0.25, 0.3) is 0 Å². The molecule has 0 radical (unpaired) electrons. The maximum Gasteiger partial charge on any atom is 0.155 e. The minimum Gasteiger partial charge on any atom is -0.393 e. The zero-order chi connectivity index (χ0) is 25.0. The third kappa shape index (κ3) is 11.1. The van der Waals surface area contributed by atoms with E-state index in [0.717, 1.165) is 24.0 Å². The van der Waals surface area contributed by atoms with Crippen LogP contribution >= 0.6 is 0 Å². The molecule has 0 spiro atoms. The van der Waals surface area contributed by atoms with E-state index < -0.39 is 0 Å². The van der Waals surface area contributed by atoms with Crippen LogP contribution in [0.1, 0.15) is 68.2 Å². The number of allylic oxidation sites excluding steroid dienone is 17. The summed E-state index contributed by atoms with van der Waals surface area (Å²) in [5.41, 5.74) is 6.86. The van der Waals surface area contributed by atoms with Gasteiger partial charge in [-0.15, -0.1) is 0 Å². The molecule has 0 saturated carbocycles. The van der Waals surface area contributed by atoms with E-state index in [2.05, 4.69) is 71.1 Å². The lowest BCUT2D eigenvalue weighted by Gasteiger charge is -2.35. The zero-order valence-corrected chi connectivity index (χ0v) is 21.8. The lowest BCUT2D eigenvalue weighted by molar-refractivity contribution is -0.113. The summed E-state index contributed by atoms with van der Waals surface area (Å²) in [6.45, 7) is 16.2. The van der Waals surface area contributed by atoms with Gasteiger partial charge in [-0.2, -0.15) is 0 Å². The van der Waals surface area contributed by atoms with Crippen LogP contribution in [0, 0.1) is 5.41 Å². The highest BCUT2D eigenvalue weighted by Gasteiger charge is 2.31. The van der Waals surface area contributed by atoms with Crippen molar-refractivity contribution in [3.8, 4) is 0 Å². The summed E-state index contributed by atoms with van der Waals surface area (Å²) in [4.78, 5) is 11.2. The molecule has 0 amide bonds. The van der Waals surface area contributed by atoms with Gasteiger partial charge in [-0.25, -0.2) is 0 Å². The fourth-order valence-corrected chi connectivity index (χ4v) is 3.79. The number of ketones is 1. The predicted octanol–water partition coefficient (Wildman–Crippen LogP) is 8.08. The molecule has 33 heavy (non-hydrogen) atoms. The van der Waals surface area contributed by atoms with Crippen molar-refractivity contribution in [2.24, 2.45) is 5.41 Å². The molecule has 2 nitrogen and oxygen atoms in total. The highest BCUT2D eigenvalue weighted by atomic mass is 16.3. The van der Waals surface area contributed by atoms with Crippen LogP contribution in [0.15, 0.2) is 106 Å². The third-order valence-electron chi connectivity index (χ3n) is 5.80. The van der Waals surface area contributed by atoms with E-state index in [4.69, 9.17) is 0 Å². The molecule has 0 aromatic carbocycles. The molecule has 0 bridgehead atoms. The number of carbonyl (C=O) groups is 1. The molecule has 0 fully saturated rings. The van der Waals surface area contributed by atoms with Gasteiger partial charge >= 0.3 is 0 Å². The van der Waals surface area contributed by atoms with Gasteiger partial charge in [0.1, 0.15) is 0 Å². The average molecular weight is 447 g/mol. The Morgan fingerprint density at radius 3 is 1.82 bits per heavy atom. The Kier molecular flexibility index (Phi) is 11.8. The Balaban J connectivity index is 2.68. The number of aliphatic hydroxyl groups is 1. The van der Waals surface area contributed by atoms with Crippen molar-refractivity contribution >= 4 is 5.78 Å². The van der Waals surface area contributed by atoms with Crippen molar-refractivity contribution in [2.45, 2.75) is 74.3 Å². The smallest absolute Gasteiger partial charge is 0.155 e. The van der Waals surface area contributed by atoms with Crippen LogP contribution < -0.4 is 0 Å². The minimum atomic E-state index is -0.226. The molecule has 0 heterocycles. The topological polar surface area (TPSA) is 37.3 Å². The zero-order valence-electron chi connectivity index (χ0n) is 21.8. The van der Waals surface area contributed by atoms with Gasteiger partial charge in [-0.1, -0.05) is 109 Å². The molecule has 1 aliphatic carbocycles. The van der Waals surface area contributed by atoms with E-state index >= 15 is 0 Å². The number of hydrogen-bond donors (Lipinski definition) is 1. The highest BCUT2D eigenvalue weighted by molar-refractivity contribution is 5.92. The second kappa shape index (κ2) is 13.7. The first kappa shape index (κ1) is 28.3. The summed E-state index contributed by atoms with van der Waals surface area (Å²) >= 11 is 0. The Bertz CT molecular complexity index is 966. The van der Waals surface area contributed by atoms with Crippen molar-refractivity contribution in [3.05, 3.63) is 106 Å². The fourth-order valence-electron chi connectivity index (χ4n) is 3.79. The maximum absolute atomic E-state index is 11.2. The number of carbonyl (C=O) groups excluding carboxylic acids is 1. The van der Waals surface area contributed by atoms with E-state index in [0.29, 0.717) is 0 Å². The van der Waals surface area contributed by atoms with Crippen molar-refractivity contribution < 1.29 is 9.90 Å². The van der Waals surface area contributed by atoms with Crippen molar-refractivity contribution in [1.29, 1.82) is 0 Å². The Labute approximate surface area is 201 Å². The van der Waals surface area contributed by atoms with Crippen molar-refractivity contribution in [2.75, 3.05) is 0 Å². The van der Waals surface area contributed by atoms with Crippen LogP contribution in [-0.4, -0.2) is 17.0 Å². The van der Waals surface area contributed by atoms with Gasteiger partial charge in [-0.3, -0.25) is 4.79 Å². The Morgan fingerprint density at radius 2 is 1.30 bits per heavy atom. The fraction of sp³-hybridized carbons (Fsp3) is 0.387. The van der Waals surface area contributed by atoms with Gasteiger partial charge in [0.05, 0.1) is 6.10 Å². The van der Waals surface area contributed by atoms with Gasteiger partial charge in [0.15, 0.2) is 5.78 Å². The van der Waals surface area contributed by atoms with E-state index in [-0.39, 0.29) is 17.3 Å². The summed E-state index contributed by atoms with van der Waals surface area (Å²) in [6, 6.07) is 0. The second-order valence-electron chi connectivity index (χ2n) is 9.71. The Hall–Kier alpha value is -2.71. The first-order valence-corrected chi connectivity index (χ1v) is 11.7. The molecular formula is C31H42O2. The first-order chi connectivity index (χ1) is 15.4. The third-order valence-corrected chi connectivity index (χ3v) is 5.80. The van der Waals surface area contributed by atoms with Gasteiger partial charge in [0, 0.05) is 0 Å². The van der Waals surface area contributed by atoms with E-state index in [1.165, 1.54) is 22.3 Å². The molecule has 2 heteroatoms. The second-order valence-corrected chi connectivity index (χ2v) is 9.71. The standard InChI is InChI=1S/C31H42O2/c1-23(13-9-10-14-24(2)17-12-18-26(4)28(6)32)15-11-16-25(3)19-20-30-27(5)21-29(33)22-31(30,7)8/h9-20,29,33H,21-22H2,1-8H3/b10-9+,15-11+,17-12+,20-19+,23-13+,24-14+,25-16+,26-18+/t29-/m1/s1. The van der Waals surface area contributed by atoms with Gasteiger partial charge in [0.2, 0.25) is 0 Å². The first-order valence-electron chi connectivity index (χ1n) is 11.7. The average Bonchev–Trinajstić information content (AvgIpc) is 2.69. The number of hydrogen-bond acceptors (Lipinski definition) is 2. The molecule has 0 aliphatic heterocycles. The maximum atomic E-state index is 11.2. The van der Waals surface area contributed by atoms with Crippen molar-refractivity contribution in [3.63, 3.8) is 0 Å². The molecule has 178 valence electrons. The molecule has 0 aromatic rings. The molecular weight excluding hydrogens is 404 g/mol. The monoisotopic (exact) mass is 446 g/mol. The lowest BCUT2D eigenvalue weighted by atomic mass is 9.71. The Morgan fingerprint density at radius 1 is 0.818 bits per heavy atom. The van der Waals surface area contributed by atoms with Crippen LogP contribution in [0.4, 0.5) is 0 Å². The van der Waals surface area contributed by atoms with Gasteiger partial charge < -0.3 is 5.11 Å². The van der Waals surface area contributed by atoms with Crippen LogP contribution in [0.2, 0.25) is 0 Å². The number of Topliss-reactive ketones (excluding diaryl/α,β-unsaturated/α-hetero) is 1. The number of rotatable bonds is 9. The van der Waals surface area contributed by atoms with Crippen LogP contribution in [0.5, 0.6) is 0 Å². The SMILES string of the molecule is CC(=O)/C(C)=C/C=C/C(C)=C/C=C/C=C(C)/C=C/C=C(C)/C=C/C1=C(C)C[C@@H](O)CC1(C)C. The summed E-state index contributed by atoms with van der Waals surface area (Å²) in [7, 11) is 0. The lowest BCUT2D eigenvalue weighted by Crippen LogP contribution is -2.28. The molecule has 1 rings (SSSR count). The molecule has 1 atom stereocenters. The molecule has 1 aliphatic rings. The largest absolute Gasteiger partial charge is 0.393 e. The molecule has 1 N–H and O–H groups in total. The normalized spacial score (nSPS) is 21.4. The van der Waals surface area contributed by atoms with E-state index in [9.17, 15) is 9.90 Å². The van der Waals surface area contributed by atoms with Crippen LogP contribution in [0.3, 0.4) is 0 Å². The quantitative estimate of drug-likeness (QED) is 0.287. The molecule has 0 unspecified atom stereocenters. The summed E-state index contributed by atoms with van der Waals surface area (Å²) < 4.78 is 0. The summed E-state index contributed by atoms with van der Waals surface area (Å²) in [5.74, 6) is 0.0947. The summed E-state index contributed by atoms with van der Waals surface area (Å²) in [5, 5.41) is 10.0. The van der Waals surface area contributed by atoms with Crippen LogP contribution in [-0.2, 0) is 4.79 Å². The predicted molar refractivity (Wildman–Crippen MR) is 144 cm³/mol. The molecule has 0 aromatic heterocycles. The van der Waals surface area contributed by atoms with Gasteiger partial charge in [-0.05, 0) is 70.9 Å². The van der Waals surface area contributed by atoms with Crippen molar-refractivity contribution in [1.82, 2.24) is 0 Å². The summed E-state index contributed by atoms with van der Waals surface area (Å²) in [6.07, 6.45) is 25.9. The minimum absolute atomic E-state index is 0.00676. The van der Waals surface area contributed by atoms with E-state index in [1.807, 2.05) is 50.3 Å². The van der Waals surface area contributed by atoms with Crippen LogP contribution in [0.25, 0.3) is 0 Å².